The fourth-order valence-corrected chi connectivity index (χ4v) is 2.83. The van der Waals surface area contributed by atoms with Gasteiger partial charge >= 0.3 is 0 Å². The van der Waals surface area contributed by atoms with E-state index in [1.165, 1.54) is 11.3 Å². The van der Waals surface area contributed by atoms with Gasteiger partial charge in [-0.2, -0.15) is 0 Å². The third-order valence-corrected chi connectivity index (χ3v) is 3.94. The van der Waals surface area contributed by atoms with E-state index in [2.05, 4.69) is 56.1 Å². The number of anilines is 1. The van der Waals surface area contributed by atoms with Crippen LogP contribution in [0.2, 0.25) is 0 Å². The van der Waals surface area contributed by atoms with E-state index in [1.54, 1.807) is 6.20 Å². The monoisotopic (exact) mass is 318 g/mol. The van der Waals surface area contributed by atoms with Gasteiger partial charge in [-0.3, -0.25) is 0 Å². The molecule has 1 saturated heterocycles. The highest BCUT2D eigenvalue weighted by Crippen LogP contribution is 2.34. The first-order chi connectivity index (χ1) is 9.36. The van der Waals surface area contributed by atoms with Crippen LogP contribution in [-0.4, -0.2) is 31.3 Å². The van der Waals surface area contributed by atoms with Crippen LogP contribution in [0.3, 0.4) is 0 Å². The first-order valence-corrected chi connectivity index (χ1v) is 7.18. The quantitative estimate of drug-likeness (QED) is 0.794. The van der Waals surface area contributed by atoms with Crippen LogP contribution >= 0.6 is 15.9 Å². The maximum atomic E-state index is 5.43. The van der Waals surface area contributed by atoms with Crippen LogP contribution in [0.25, 0.3) is 11.1 Å². The highest BCUT2D eigenvalue weighted by atomic mass is 79.9. The van der Waals surface area contributed by atoms with Gasteiger partial charge in [-0.25, -0.2) is 4.98 Å². The van der Waals surface area contributed by atoms with Crippen molar-refractivity contribution in [1.82, 2.24) is 4.98 Å². The van der Waals surface area contributed by atoms with Crippen LogP contribution in [0.15, 0.2) is 47.2 Å². The number of para-hydroxylation sites is 1. The molecule has 3 nitrogen and oxygen atoms in total. The number of ether oxygens (including phenoxy) is 1. The number of halogens is 1. The van der Waals surface area contributed by atoms with Gasteiger partial charge < -0.3 is 9.64 Å². The standard InChI is InChI=1S/C15H15BrN2O/c16-15-13(5-3-7-17-15)12-4-1-2-6-14(12)18-8-10-19-11-9-18/h1-7H,8-11H2. The molecule has 1 aromatic carbocycles. The average Bonchev–Trinajstić information content (AvgIpc) is 2.49. The first kappa shape index (κ1) is 12.6. The van der Waals surface area contributed by atoms with Crippen LogP contribution in [0, 0.1) is 0 Å². The molecule has 0 N–H and O–H groups in total. The summed E-state index contributed by atoms with van der Waals surface area (Å²) in [6.45, 7) is 3.47. The Kier molecular flexibility index (Phi) is 3.80. The summed E-state index contributed by atoms with van der Waals surface area (Å²) in [5.74, 6) is 0. The van der Waals surface area contributed by atoms with Gasteiger partial charge in [-0.15, -0.1) is 0 Å². The van der Waals surface area contributed by atoms with Gasteiger partial charge in [0, 0.05) is 36.1 Å². The topological polar surface area (TPSA) is 25.4 Å². The fourth-order valence-electron chi connectivity index (χ4n) is 2.37. The first-order valence-electron chi connectivity index (χ1n) is 6.39. The van der Waals surface area contributed by atoms with Crippen LogP contribution in [0.5, 0.6) is 0 Å². The summed E-state index contributed by atoms with van der Waals surface area (Å²) < 4.78 is 6.31. The molecule has 3 rings (SSSR count). The maximum absolute atomic E-state index is 5.43. The van der Waals surface area contributed by atoms with Gasteiger partial charge in [-0.05, 0) is 28.1 Å². The largest absolute Gasteiger partial charge is 0.378 e. The Morgan fingerprint density at radius 1 is 1.00 bits per heavy atom. The minimum Gasteiger partial charge on any atom is -0.378 e. The van der Waals surface area contributed by atoms with Crippen LogP contribution in [0.1, 0.15) is 0 Å². The predicted molar refractivity (Wildman–Crippen MR) is 80.4 cm³/mol. The highest BCUT2D eigenvalue weighted by Gasteiger charge is 2.16. The second kappa shape index (κ2) is 5.72. The molecule has 0 amide bonds. The van der Waals surface area contributed by atoms with Crippen molar-refractivity contribution >= 4 is 21.6 Å². The third-order valence-electron chi connectivity index (χ3n) is 3.31. The van der Waals surface area contributed by atoms with Gasteiger partial charge in [0.2, 0.25) is 0 Å². The van der Waals surface area contributed by atoms with E-state index < -0.39 is 0 Å². The molecule has 2 heterocycles. The van der Waals surface area contributed by atoms with Gasteiger partial charge in [0.15, 0.2) is 0 Å². The van der Waals surface area contributed by atoms with Crippen molar-refractivity contribution in [3.8, 4) is 11.1 Å². The van der Waals surface area contributed by atoms with Crippen LogP contribution < -0.4 is 4.90 Å². The zero-order chi connectivity index (χ0) is 13.1. The Hall–Kier alpha value is -1.39. The second-order valence-corrected chi connectivity index (χ2v) is 5.21. The van der Waals surface area contributed by atoms with E-state index in [0.717, 1.165) is 36.5 Å². The molecular weight excluding hydrogens is 304 g/mol. The predicted octanol–water partition coefficient (Wildman–Crippen LogP) is 3.35. The van der Waals surface area contributed by atoms with E-state index in [-0.39, 0.29) is 0 Å². The summed E-state index contributed by atoms with van der Waals surface area (Å²) in [6.07, 6.45) is 1.80. The lowest BCUT2D eigenvalue weighted by atomic mass is 10.0. The average molecular weight is 319 g/mol. The molecule has 2 aromatic rings. The van der Waals surface area contributed by atoms with E-state index in [0.29, 0.717) is 0 Å². The van der Waals surface area contributed by atoms with Crippen molar-refractivity contribution in [1.29, 1.82) is 0 Å². The van der Waals surface area contributed by atoms with Crippen molar-refractivity contribution < 1.29 is 4.74 Å². The molecule has 4 heteroatoms. The van der Waals surface area contributed by atoms with E-state index in [4.69, 9.17) is 4.74 Å². The van der Waals surface area contributed by atoms with Crippen molar-refractivity contribution in [3.63, 3.8) is 0 Å². The van der Waals surface area contributed by atoms with Crippen molar-refractivity contribution in [2.24, 2.45) is 0 Å². The summed E-state index contributed by atoms with van der Waals surface area (Å²) >= 11 is 3.54. The summed E-state index contributed by atoms with van der Waals surface area (Å²) in [5.41, 5.74) is 3.59. The number of hydrogen-bond acceptors (Lipinski definition) is 3. The second-order valence-electron chi connectivity index (χ2n) is 4.46. The Labute approximate surface area is 121 Å². The molecule has 0 saturated carbocycles. The molecule has 19 heavy (non-hydrogen) atoms. The summed E-state index contributed by atoms with van der Waals surface area (Å²) in [5, 5.41) is 0. The molecular formula is C15H15BrN2O. The third kappa shape index (κ3) is 2.65. The molecule has 1 aromatic heterocycles. The molecule has 0 unspecified atom stereocenters. The minimum atomic E-state index is 0.794. The molecule has 1 aliphatic rings. The van der Waals surface area contributed by atoms with Crippen LogP contribution in [0.4, 0.5) is 5.69 Å². The summed E-state index contributed by atoms with van der Waals surface area (Å²) in [4.78, 5) is 6.69. The smallest absolute Gasteiger partial charge is 0.113 e. The van der Waals surface area contributed by atoms with Gasteiger partial charge in [0.05, 0.1) is 13.2 Å². The fraction of sp³-hybridized carbons (Fsp3) is 0.267. The van der Waals surface area contributed by atoms with Crippen molar-refractivity contribution in [2.45, 2.75) is 0 Å². The van der Waals surface area contributed by atoms with Gasteiger partial charge in [0.1, 0.15) is 4.60 Å². The Morgan fingerprint density at radius 3 is 2.53 bits per heavy atom. The Balaban J connectivity index is 2.04. The highest BCUT2D eigenvalue weighted by molar-refractivity contribution is 9.10. The summed E-state index contributed by atoms with van der Waals surface area (Å²) in [7, 11) is 0. The van der Waals surface area contributed by atoms with E-state index in [9.17, 15) is 0 Å². The number of hydrogen-bond donors (Lipinski definition) is 0. The zero-order valence-corrected chi connectivity index (χ0v) is 12.1. The molecule has 0 atom stereocenters. The Bertz CT molecular complexity index is 568. The molecule has 1 fully saturated rings. The van der Waals surface area contributed by atoms with E-state index >= 15 is 0 Å². The van der Waals surface area contributed by atoms with Crippen molar-refractivity contribution in [2.75, 3.05) is 31.2 Å². The maximum Gasteiger partial charge on any atom is 0.113 e. The lowest BCUT2D eigenvalue weighted by Gasteiger charge is -2.30. The van der Waals surface area contributed by atoms with Gasteiger partial charge in [0.25, 0.3) is 0 Å². The summed E-state index contributed by atoms with van der Waals surface area (Å²) in [6, 6.07) is 12.5. The number of morpholine rings is 1. The van der Waals surface area contributed by atoms with Gasteiger partial charge in [-0.1, -0.05) is 24.3 Å². The van der Waals surface area contributed by atoms with E-state index in [1.807, 2.05) is 6.07 Å². The molecule has 0 spiro atoms. The number of rotatable bonds is 2. The zero-order valence-electron chi connectivity index (χ0n) is 10.6. The molecule has 0 bridgehead atoms. The lowest BCUT2D eigenvalue weighted by Crippen LogP contribution is -2.36. The number of benzene rings is 1. The van der Waals surface area contributed by atoms with Crippen molar-refractivity contribution in [3.05, 3.63) is 47.2 Å². The number of pyridine rings is 1. The molecule has 0 aliphatic carbocycles. The normalized spacial score (nSPS) is 15.5. The minimum absolute atomic E-state index is 0.794. The molecule has 0 radical (unpaired) electrons. The molecule has 1 aliphatic heterocycles. The Morgan fingerprint density at radius 2 is 1.74 bits per heavy atom. The number of nitrogens with zero attached hydrogens (tertiary/aromatic N) is 2. The number of aromatic nitrogens is 1. The SMILES string of the molecule is Brc1ncccc1-c1ccccc1N1CCOCC1. The lowest BCUT2D eigenvalue weighted by molar-refractivity contribution is 0.123. The molecule has 98 valence electrons. The van der Waals surface area contributed by atoms with Crippen LogP contribution in [-0.2, 0) is 4.74 Å².